The van der Waals surface area contributed by atoms with E-state index in [1.54, 1.807) is 0 Å². The number of nitrogen functional groups attached to an aromatic ring is 1. The molecular weight excluding hydrogens is 244 g/mol. The summed E-state index contributed by atoms with van der Waals surface area (Å²) in [7, 11) is 0. The Bertz CT molecular complexity index is 517. The number of nitrogens with two attached hydrogens (primary N) is 1. The second kappa shape index (κ2) is 7.59. The molecule has 0 saturated heterocycles. The summed E-state index contributed by atoms with van der Waals surface area (Å²) in [5, 5.41) is 3.35. The van der Waals surface area contributed by atoms with Crippen molar-refractivity contribution in [1.82, 2.24) is 0 Å². The fourth-order valence-electron chi connectivity index (χ4n) is 2.28. The highest BCUT2D eigenvalue weighted by molar-refractivity contribution is 5.72. The van der Waals surface area contributed by atoms with E-state index >= 15 is 0 Å². The second-order valence-corrected chi connectivity index (χ2v) is 5.22. The monoisotopic (exact) mass is 268 g/mol. The quantitative estimate of drug-likeness (QED) is 0.539. The van der Waals surface area contributed by atoms with E-state index in [9.17, 15) is 0 Å². The highest BCUT2D eigenvalue weighted by Gasteiger charge is 1.99. The van der Waals surface area contributed by atoms with Crippen LogP contribution in [0.3, 0.4) is 0 Å². The molecule has 0 aromatic heterocycles. The van der Waals surface area contributed by atoms with Crippen molar-refractivity contribution in [3.63, 3.8) is 0 Å². The number of unbranched alkanes of at least 4 members (excludes halogenated alkanes) is 3. The largest absolute Gasteiger partial charge is 0.397 e. The van der Waals surface area contributed by atoms with Crippen LogP contribution in [0, 0.1) is 0 Å². The summed E-state index contributed by atoms with van der Waals surface area (Å²) in [6.07, 6.45) is 6.42. The molecule has 2 heteroatoms. The summed E-state index contributed by atoms with van der Waals surface area (Å²) in [6, 6.07) is 16.5. The summed E-state index contributed by atoms with van der Waals surface area (Å²) in [6.45, 7) is 2.25. The van der Waals surface area contributed by atoms with E-state index in [4.69, 9.17) is 5.73 Å². The third-order valence-electron chi connectivity index (χ3n) is 3.51. The van der Waals surface area contributed by atoms with Crippen LogP contribution in [0.2, 0.25) is 0 Å². The van der Waals surface area contributed by atoms with E-state index < -0.39 is 0 Å². The number of nitrogens with one attached hydrogen (secondary N) is 1. The van der Waals surface area contributed by atoms with Crippen LogP contribution in [0.5, 0.6) is 0 Å². The van der Waals surface area contributed by atoms with E-state index in [-0.39, 0.29) is 0 Å². The van der Waals surface area contributed by atoms with E-state index in [2.05, 4.69) is 36.5 Å². The molecule has 106 valence electrons. The lowest BCUT2D eigenvalue weighted by atomic mass is 10.1. The van der Waals surface area contributed by atoms with Gasteiger partial charge < -0.3 is 11.1 Å². The van der Waals surface area contributed by atoms with Gasteiger partial charge in [0.2, 0.25) is 0 Å². The maximum absolute atomic E-state index is 5.93. The maximum Gasteiger partial charge on any atom is 0.0617 e. The van der Waals surface area contributed by atoms with Crippen molar-refractivity contribution in [3.05, 3.63) is 54.1 Å². The van der Waals surface area contributed by atoms with Gasteiger partial charge in [-0.3, -0.25) is 0 Å². The molecule has 0 saturated carbocycles. The Morgan fingerprint density at radius 3 is 2.35 bits per heavy atom. The Kier molecular flexibility index (Phi) is 5.48. The smallest absolute Gasteiger partial charge is 0.0617 e. The Morgan fingerprint density at radius 1 is 0.900 bits per heavy atom. The molecule has 0 fully saturated rings. The molecule has 2 rings (SSSR count). The van der Waals surface area contributed by atoms with Crippen molar-refractivity contribution >= 4 is 17.1 Å². The molecule has 0 atom stereocenters. The lowest BCUT2D eigenvalue weighted by Gasteiger charge is -2.09. The van der Waals surface area contributed by atoms with E-state index in [0.717, 1.165) is 17.1 Å². The van der Waals surface area contributed by atoms with Crippen LogP contribution < -0.4 is 11.1 Å². The van der Waals surface area contributed by atoms with Gasteiger partial charge in [-0.2, -0.15) is 0 Å². The number of hydrogen-bond donors (Lipinski definition) is 2. The molecule has 2 aromatic carbocycles. The summed E-state index contributed by atoms with van der Waals surface area (Å²) in [5.74, 6) is 0. The zero-order chi connectivity index (χ0) is 14.2. The highest BCUT2D eigenvalue weighted by atomic mass is 14.9. The molecule has 2 nitrogen and oxygen atoms in total. The number of anilines is 3. The van der Waals surface area contributed by atoms with Crippen LogP contribution in [0.4, 0.5) is 17.1 Å². The van der Waals surface area contributed by atoms with Crippen LogP contribution >= 0.6 is 0 Å². The topological polar surface area (TPSA) is 38.0 Å². The first-order valence-corrected chi connectivity index (χ1v) is 7.50. The van der Waals surface area contributed by atoms with Crippen LogP contribution in [0.1, 0.15) is 38.2 Å². The zero-order valence-electron chi connectivity index (χ0n) is 12.2. The van der Waals surface area contributed by atoms with E-state index in [0.29, 0.717) is 0 Å². The first-order chi connectivity index (χ1) is 9.79. The van der Waals surface area contributed by atoms with E-state index in [1.807, 2.05) is 24.3 Å². The van der Waals surface area contributed by atoms with Gasteiger partial charge in [0.15, 0.2) is 0 Å². The Hall–Kier alpha value is -1.96. The third-order valence-corrected chi connectivity index (χ3v) is 3.51. The number of benzene rings is 2. The van der Waals surface area contributed by atoms with Gasteiger partial charge in [0.1, 0.15) is 0 Å². The molecule has 2 aromatic rings. The summed E-state index contributed by atoms with van der Waals surface area (Å²) < 4.78 is 0. The van der Waals surface area contributed by atoms with Gasteiger partial charge >= 0.3 is 0 Å². The molecule has 0 spiro atoms. The predicted molar refractivity (Wildman–Crippen MR) is 88.4 cm³/mol. The van der Waals surface area contributed by atoms with Crippen molar-refractivity contribution < 1.29 is 0 Å². The van der Waals surface area contributed by atoms with Crippen LogP contribution in [-0.2, 0) is 6.42 Å². The normalized spacial score (nSPS) is 10.4. The maximum atomic E-state index is 5.93. The highest BCUT2D eigenvalue weighted by Crippen LogP contribution is 2.22. The Morgan fingerprint density at radius 2 is 1.65 bits per heavy atom. The van der Waals surface area contributed by atoms with Crippen LogP contribution in [0.25, 0.3) is 0 Å². The van der Waals surface area contributed by atoms with Crippen molar-refractivity contribution in [1.29, 1.82) is 0 Å². The van der Waals surface area contributed by atoms with Crippen LogP contribution in [0.15, 0.2) is 48.5 Å². The minimum absolute atomic E-state index is 0.774. The average Bonchev–Trinajstić information content (AvgIpc) is 2.48. The summed E-state index contributed by atoms with van der Waals surface area (Å²) in [5.41, 5.74) is 10.2. The van der Waals surface area contributed by atoms with Crippen molar-refractivity contribution in [2.24, 2.45) is 0 Å². The van der Waals surface area contributed by atoms with Gasteiger partial charge in [-0.25, -0.2) is 0 Å². The lowest BCUT2D eigenvalue weighted by molar-refractivity contribution is 0.667. The van der Waals surface area contributed by atoms with Gasteiger partial charge in [0.25, 0.3) is 0 Å². The third kappa shape index (κ3) is 4.30. The molecule has 0 amide bonds. The van der Waals surface area contributed by atoms with Gasteiger partial charge in [0, 0.05) is 5.69 Å². The predicted octanol–water partition coefficient (Wildman–Crippen LogP) is 5.14. The summed E-state index contributed by atoms with van der Waals surface area (Å²) >= 11 is 0. The molecule has 0 aliphatic rings. The number of para-hydroxylation sites is 2. The van der Waals surface area contributed by atoms with Gasteiger partial charge in [-0.1, -0.05) is 50.5 Å². The molecule has 0 heterocycles. The zero-order valence-corrected chi connectivity index (χ0v) is 12.2. The first kappa shape index (κ1) is 14.4. The molecule has 0 aliphatic heterocycles. The van der Waals surface area contributed by atoms with Crippen LogP contribution in [-0.4, -0.2) is 0 Å². The Balaban J connectivity index is 1.90. The Labute approximate surface area is 122 Å². The fourth-order valence-corrected chi connectivity index (χ4v) is 2.28. The van der Waals surface area contributed by atoms with Gasteiger partial charge in [-0.15, -0.1) is 0 Å². The number of hydrogen-bond acceptors (Lipinski definition) is 2. The SMILES string of the molecule is CCCCCCc1ccc(Nc2ccccc2N)cc1. The lowest BCUT2D eigenvalue weighted by Crippen LogP contribution is -1.96. The molecule has 0 aliphatic carbocycles. The molecule has 0 unspecified atom stereocenters. The minimum Gasteiger partial charge on any atom is -0.397 e. The molecular formula is C18H24N2. The molecule has 0 radical (unpaired) electrons. The van der Waals surface area contributed by atoms with Crippen molar-refractivity contribution in [2.45, 2.75) is 39.0 Å². The minimum atomic E-state index is 0.774. The van der Waals surface area contributed by atoms with Gasteiger partial charge in [0.05, 0.1) is 11.4 Å². The van der Waals surface area contributed by atoms with E-state index in [1.165, 1.54) is 37.7 Å². The summed E-state index contributed by atoms with van der Waals surface area (Å²) in [4.78, 5) is 0. The average molecular weight is 268 g/mol. The molecule has 20 heavy (non-hydrogen) atoms. The standard InChI is InChI=1S/C18H24N2/c1-2-3-4-5-8-15-11-13-16(14-12-15)20-18-10-7-6-9-17(18)19/h6-7,9-14,20H,2-5,8,19H2,1H3. The molecule has 0 bridgehead atoms. The number of aryl methyl sites for hydroxylation is 1. The van der Waals surface area contributed by atoms with Crippen molar-refractivity contribution in [2.75, 3.05) is 11.1 Å². The van der Waals surface area contributed by atoms with Crippen molar-refractivity contribution in [3.8, 4) is 0 Å². The second-order valence-electron chi connectivity index (χ2n) is 5.22. The molecule has 3 N–H and O–H groups in total. The van der Waals surface area contributed by atoms with Gasteiger partial charge in [-0.05, 0) is 42.7 Å². The first-order valence-electron chi connectivity index (χ1n) is 7.50. The number of rotatable bonds is 7. The fraction of sp³-hybridized carbons (Fsp3) is 0.333.